The summed E-state index contributed by atoms with van der Waals surface area (Å²) in [5.74, 6) is 0. The van der Waals surface area contributed by atoms with Gasteiger partial charge in [-0.1, -0.05) is 164 Å². The second-order valence-corrected chi connectivity index (χ2v) is 15.5. The normalized spacial score (nSPS) is 12.2. The first-order valence-electron chi connectivity index (χ1n) is 18.3. The van der Waals surface area contributed by atoms with Crippen LogP contribution in [0.5, 0.6) is 0 Å². The van der Waals surface area contributed by atoms with E-state index in [1.165, 1.54) is 119 Å². The van der Waals surface area contributed by atoms with Crippen molar-refractivity contribution < 1.29 is 0 Å². The predicted molar refractivity (Wildman–Crippen MR) is 231 cm³/mol. The molecule has 0 nitrogen and oxygen atoms in total. The molecule has 244 valence electrons. The number of thiophene rings is 1. The molecule has 0 N–H and O–H groups in total. The monoisotopic (exact) mass is 686 g/mol. The van der Waals surface area contributed by atoms with Gasteiger partial charge < -0.3 is 0 Å². The van der Waals surface area contributed by atoms with Crippen LogP contribution < -0.4 is 0 Å². The maximum absolute atomic E-state index is 2.41. The van der Waals surface area contributed by atoms with Gasteiger partial charge in [0.05, 0.1) is 0 Å². The molecular weight excluding hydrogens is 657 g/mol. The minimum Gasteiger partial charge on any atom is -0.135 e. The summed E-state index contributed by atoms with van der Waals surface area (Å²) < 4.78 is 1.30. The van der Waals surface area contributed by atoms with Gasteiger partial charge >= 0.3 is 0 Å². The summed E-state index contributed by atoms with van der Waals surface area (Å²) >= 11 is 1.89. The topological polar surface area (TPSA) is 0 Å². The van der Waals surface area contributed by atoms with Crippen LogP contribution in [-0.2, 0) is 0 Å². The van der Waals surface area contributed by atoms with Gasteiger partial charge in [-0.15, -0.1) is 11.3 Å². The summed E-state index contributed by atoms with van der Waals surface area (Å²) in [6.45, 7) is 0. The Kier molecular flexibility index (Phi) is 6.03. The molecule has 0 fully saturated rings. The van der Waals surface area contributed by atoms with Gasteiger partial charge in [-0.2, -0.15) is 0 Å². The molecule has 1 heterocycles. The maximum Gasteiger partial charge on any atom is 0.0434 e. The van der Waals surface area contributed by atoms with Crippen LogP contribution in [0.15, 0.2) is 182 Å². The molecular formula is C52H30S. The van der Waals surface area contributed by atoms with Crippen molar-refractivity contribution >= 4 is 86.1 Å². The lowest BCUT2D eigenvalue weighted by atomic mass is 9.88. The lowest BCUT2D eigenvalue weighted by molar-refractivity contribution is 1.63. The first kappa shape index (κ1) is 29.1. The lowest BCUT2D eigenvalue weighted by Gasteiger charge is -2.15. The molecule has 1 heteroatoms. The van der Waals surface area contributed by atoms with Gasteiger partial charge in [-0.25, -0.2) is 0 Å². The van der Waals surface area contributed by atoms with Gasteiger partial charge in [0.2, 0.25) is 0 Å². The molecule has 0 atom stereocenters. The van der Waals surface area contributed by atoms with Crippen LogP contribution in [-0.4, -0.2) is 0 Å². The van der Waals surface area contributed by atoms with Crippen LogP contribution in [0, 0.1) is 0 Å². The summed E-state index contributed by atoms with van der Waals surface area (Å²) in [4.78, 5) is 1.30. The lowest BCUT2D eigenvalue weighted by Crippen LogP contribution is -1.89. The molecule has 0 radical (unpaired) electrons. The van der Waals surface area contributed by atoms with Gasteiger partial charge in [0.1, 0.15) is 0 Å². The minimum absolute atomic E-state index is 1.24. The molecule has 0 saturated carbocycles. The smallest absolute Gasteiger partial charge is 0.0434 e. The highest BCUT2D eigenvalue weighted by atomic mass is 32.1. The highest BCUT2D eigenvalue weighted by Gasteiger charge is 2.19. The molecule has 0 unspecified atom stereocenters. The molecule has 0 aliphatic heterocycles. The van der Waals surface area contributed by atoms with Crippen LogP contribution in [0.25, 0.3) is 119 Å². The fourth-order valence-corrected chi connectivity index (χ4v) is 10.4. The Labute approximate surface area is 310 Å². The Morgan fingerprint density at radius 2 is 0.717 bits per heavy atom. The standard InChI is InChI=1S/C52H30S/c1-2-16-46-45(15-1)51(39-13-5-11-37(29-39)41-25-21-35-19-17-31-7-3-9-33-23-27-43(41)49(35)47(31)33)52(53-46)40-14-6-12-38(30-40)42-26-22-36-20-18-32-8-4-10-34-24-28-44(42)50(36)48(32)34/h1-30H. The molecule has 0 saturated heterocycles. The highest BCUT2D eigenvalue weighted by molar-refractivity contribution is 7.23. The van der Waals surface area contributed by atoms with Crippen LogP contribution in [0.4, 0.5) is 0 Å². The second kappa shape index (κ2) is 11.0. The molecule has 0 bridgehead atoms. The zero-order valence-electron chi connectivity index (χ0n) is 28.7. The number of benzene rings is 11. The fourth-order valence-electron chi connectivity index (χ4n) is 9.18. The zero-order valence-corrected chi connectivity index (χ0v) is 29.5. The van der Waals surface area contributed by atoms with Gasteiger partial charge in [0, 0.05) is 20.5 Å². The molecule has 12 rings (SSSR count). The van der Waals surface area contributed by atoms with E-state index in [-0.39, 0.29) is 0 Å². The van der Waals surface area contributed by atoms with E-state index in [2.05, 4.69) is 182 Å². The molecule has 12 aromatic rings. The van der Waals surface area contributed by atoms with Crippen molar-refractivity contribution in [1.82, 2.24) is 0 Å². The summed E-state index contributed by atoms with van der Waals surface area (Å²) in [7, 11) is 0. The van der Waals surface area contributed by atoms with E-state index in [1.54, 1.807) is 0 Å². The average Bonchev–Trinajstić information content (AvgIpc) is 3.62. The third-order valence-electron chi connectivity index (χ3n) is 11.6. The average molecular weight is 687 g/mol. The number of hydrogen-bond donors (Lipinski definition) is 0. The van der Waals surface area contributed by atoms with E-state index < -0.39 is 0 Å². The van der Waals surface area contributed by atoms with Crippen molar-refractivity contribution in [2.24, 2.45) is 0 Å². The Hall–Kier alpha value is -6.54. The van der Waals surface area contributed by atoms with Crippen molar-refractivity contribution in [3.63, 3.8) is 0 Å². The van der Waals surface area contributed by atoms with Crippen LogP contribution in [0.2, 0.25) is 0 Å². The highest BCUT2D eigenvalue weighted by Crippen LogP contribution is 2.48. The molecule has 0 amide bonds. The molecule has 1 aromatic heterocycles. The van der Waals surface area contributed by atoms with Gasteiger partial charge in [0.15, 0.2) is 0 Å². The summed E-state index contributed by atoms with van der Waals surface area (Å²) in [6, 6.07) is 68.1. The van der Waals surface area contributed by atoms with E-state index in [4.69, 9.17) is 0 Å². The first-order chi connectivity index (χ1) is 26.3. The van der Waals surface area contributed by atoms with Crippen LogP contribution in [0.1, 0.15) is 0 Å². The third-order valence-corrected chi connectivity index (χ3v) is 12.8. The molecule has 0 aliphatic carbocycles. The van der Waals surface area contributed by atoms with Crippen molar-refractivity contribution in [2.45, 2.75) is 0 Å². The minimum atomic E-state index is 1.24. The van der Waals surface area contributed by atoms with Crippen LogP contribution in [0.3, 0.4) is 0 Å². The third kappa shape index (κ3) is 4.23. The van der Waals surface area contributed by atoms with Crippen molar-refractivity contribution in [2.75, 3.05) is 0 Å². The van der Waals surface area contributed by atoms with E-state index in [0.29, 0.717) is 0 Å². The van der Waals surface area contributed by atoms with Gasteiger partial charge in [-0.3, -0.25) is 0 Å². The van der Waals surface area contributed by atoms with Crippen molar-refractivity contribution in [3.05, 3.63) is 182 Å². The van der Waals surface area contributed by atoms with E-state index >= 15 is 0 Å². The quantitative estimate of drug-likeness (QED) is 0.162. The summed E-state index contributed by atoms with van der Waals surface area (Å²) in [5.41, 5.74) is 8.82. The second-order valence-electron chi connectivity index (χ2n) is 14.4. The summed E-state index contributed by atoms with van der Waals surface area (Å²) in [6.07, 6.45) is 0. The predicted octanol–water partition coefficient (Wildman–Crippen LogP) is 15.4. The van der Waals surface area contributed by atoms with Gasteiger partial charge in [-0.05, 0) is 116 Å². The Balaban J connectivity index is 1.04. The zero-order chi connectivity index (χ0) is 34.6. The largest absolute Gasteiger partial charge is 0.135 e. The van der Waals surface area contributed by atoms with E-state index in [1.807, 2.05) is 11.3 Å². The molecule has 0 spiro atoms. The molecule has 0 aliphatic rings. The molecule has 11 aromatic carbocycles. The first-order valence-corrected chi connectivity index (χ1v) is 19.1. The summed E-state index contributed by atoms with van der Waals surface area (Å²) in [5, 5.41) is 17.1. The Morgan fingerprint density at radius 1 is 0.283 bits per heavy atom. The maximum atomic E-state index is 2.41. The number of rotatable bonds is 4. The Bertz CT molecular complexity index is 3370. The van der Waals surface area contributed by atoms with Crippen molar-refractivity contribution in [3.8, 4) is 43.8 Å². The van der Waals surface area contributed by atoms with E-state index in [0.717, 1.165) is 0 Å². The number of hydrogen-bond acceptors (Lipinski definition) is 1. The SMILES string of the molecule is c1cc(-c2sc3ccccc3c2-c2cccc(-c3ccc4ccc5cccc6ccc3c4c56)c2)cc(-c2ccc3ccc4cccc5ccc2c3c45)c1. The Morgan fingerprint density at radius 3 is 1.30 bits per heavy atom. The fraction of sp³-hybridized carbons (Fsp3) is 0. The van der Waals surface area contributed by atoms with E-state index in [9.17, 15) is 0 Å². The van der Waals surface area contributed by atoms with Crippen LogP contribution >= 0.6 is 11.3 Å². The number of fused-ring (bicyclic) bond motifs is 1. The van der Waals surface area contributed by atoms with Gasteiger partial charge in [0.25, 0.3) is 0 Å². The molecule has 53 heavy (non-hydrogen) atoms. The van der Waals surface area contributed by atoms with Crippen molar-refractivity contribution in [1.29, 1.82) is 0 Å².